The summed E-state index contributed by atoms with van der Waals surface area (Å²) in [7, 11) is 0. The zero-order valence-corrected chi connectivity index (χ0v) is 19.1. The molecule has 0 atom stereocenters. The molecule has 0 unspecified atom stereocenters. The molecule has 1 aromatic carbocycles. The van der Waals surface area contributed by atoms with E-state index in [0.29, 0.717) is 10.7 Å². The van der Waals surface area contributed by atoms with E-state index in [-0.39, 0.29) is 18.1 Å². The summed E-state index contributed by atoms with van der Waals surface area (Å²) in [6.45, 7) is 4.87. The van der Waals surface area contributed by atoms with E-state index in [0.717, 1.165) is 44.0 Å². The number of piperidine rings is 1. The normalized spacial score (nSPS) is 14.4. The van der Waals surface area contributed by atoms with Crippen LogP contribution in [0.3, 0.4) is 0 Å². The van der Waals surface area contributed by atoms with Crippen LogP contribution in [0.15, 0.2) is 41.3 Å². The highest BCUT2D eigenvalue weighted by Gasteiger charge is 2.10. The van der Waals surface area contributed by atoms with Crippen molar-refractivity contribution < 1.29 is 4.74 Å². The van der Waals surface area contributed by atoms with Gasteiger partial charge in [0.25, 0.3) is 0 Å². The first-order valence-corrected chi connectivity index (χ1v) is 11.0. The maximum atomic E-state index is 11.7. The van der Waals surface area contributed by atoms with Gasteiger partial charge in [-0.25, -0.2) is 14.3 Å². The Morgan fingerprint density at radius 2 is 2.03 bits per heavy atom. The molecular formula is C22H29Cl2N5O2. The third-order valence-corrected chi connectivity index (χ3v) is 5.67. The van der Waals surface area contributed by atoms with Crippen LogP contribution in [0, 0.1) is 0 Å². The van der Waals surface area contributed by atoms with Gasteiger partial charge < -0.3 is 10.1 Å². The van der Waals surface area contributed by atoms with Crippen molar-refractivity contribution in [1.82, 2.24) is 19.5 Å². The molecule has 0 aliphatic carbocycles. The van der Waals surface area contributed by atoms with E-state index in [1.165, 1.54) is 42.3 Å². The second-order valence-electron chi connectivity index (χ2n) is 7.72. The van der Waals surface area contributed by atoms with Crippen LogP contribution in [0.1, 0.15) is 31.2 Å². The summed E-state index contributed by atoms with van der Waals surface area (Å²) in [4.78, 5) is 14.2. The fraction of sp³-hybridized carbons (Fsp3) is 0.455. The van der Waals surface area contributed by atoms with Crippen LogP contribution < -0.4 is 15.7 Å². The number of H-pyrrole nitrogens is 1. The van der Waals surface area contributed by atoms with E-state index in [1.54, 1.807) is 12.3 Å². The summed E-state index contributed by atoms with van der Waals surface area (Å²) in [6, 6.07) is 10.1. The summed E-state index contributed by atoms with van der Waals surface area (Å²) in [5.41, 5.74) is 2.25. The summed E-state index contributed by atoms with van der Waals surface area (Å²) in [5, 5.41) is 10.3. The van der Waals surface area contributed by atoms with Crippen LogP contribution in [0.2, 0.25) is 5.02 Å². The molecule has 2 aromatic heterocycles. The van der Waals surface area contributed by atoms with Crippen LogP contribution in [0.25, 0.3) is 5.65 Å². The highest BCUT2D eigenvalue weighted by molar-refractivity contribution is 6.30. The predicted octanol–water partition coefficient (Wildman–Crippen LogP) is 4.01. The molecule has 1 saturated heterocycles. The largest absolute Gasteiger partial charge is 0.492 e. The third-order valence-electron chi connectivity index (χ3n) is 5.46. The fourth-order valence-corrected chi connectivity index (χ4v) is 4.10. The minimum atomic E-state index is -0.298. The van der Waals surface area contributed by atoms with Gasteiger partial charge in [-0.05, 0) is 62.5 Å². The molecule has 9 heteroatoms. The quantitative estimate of drug-likeness (QED) is 0.467. The van der Waals surface area contributed by atoms with E-state index in [1.807, 2.05) is 6.07 Å². The predicted molar refractivity (Wildman–Crippen MR) is 127 cm³/mol. The number of fused-ring (bicyclic) bond motifs is 1. The van der Waals surface area contributed by atoms with E-state index in [2.05, 4.69) is 38.6 Å². The maximum absolute atomic E-state index is 11.7. The van der Waals surface area contributed by atoms with Crippen molar-refractivity contribution in [2.75, 3.05) is 38.1 Å². The monoisotopic (exact) mass is 465 g/mol. The van der Waals surface area contributed by atoms with Gasteiger partial charge in [-0.2, -0.15) is 5.10 Å². The Bertz CT molecular complexity index is 1030. The lowest BCUT2D eigenvalue weighted by Crippen LogP contribution is -2.33. The minimum Gasteiger partial charge on any atom is -0.492 e. The van der Waals surface area contributed by atoms with Crippen molar-refractivity contribution in [3.05, 3.63) is 57.6 Å². The fourth-order valence-electron chi connectivity index (χ4n) is 3.89. The minimum absolute atomic E-state index is 0. The first-order valence-electron chi connectivity index (χ1n) is 10.6. The molecule has 1 aliphatic heterocycles. The van der Waals surface area contributed by atoms with Gasteiger partial charge in [-0.3, -0.25) is 4.90 Å². The molecule has 1 aliphatic rings. The number of nitrogens with zero attached hydrogens (tertiary/aromatic N) is 3. The standard InChI is InChI=1S/C22H28ClN5O2.ClH/c23-18-15-20(21-25-26-22(29)28(21)16-18)24-9-5-7-17-6-4-8-19(14-17)30-13-12-27-10-2-1-3-11-27;/h4,6,8,14-16,24H,1-3,5,7,9-13H2,(H,26,29);1H. The lowest BCUT2D eigenvalue weighted by atomic mass is 10.1. The molecule has 168 valence electrons. The van der Waals surface area contributed by atoms with Gasteiger partial charge in [0.05, 0.1) is 10.7 Å². The number of aromatic nitrogens is 3. The van der Waals surface area contributed by atoms with Gasteiger partial charge in [0.2, 0.25) is 0 Å². The molecule has 31 heavy (non-hydrogen) atoms. The maximum Gasteiger partial charge on any atom is 0.347 e. The summed E-state index contributed by atoms with van der Waals surface area (Å²) >= 11 is 6.11. The SMILES string of the molecule is Cl.O=c1[nH]nc2c(NCCCc3cccc(OCCN4CCCCC4)c3)cc(Cl)cn12. The molecular weight excluding hydrogens is 437 g/mol. The molecule has 3 heterocycles. The van der Waals surface area contributed by atoms with E-state index >= 15 is 0 Å². The van der Waals surface area contributed by atoms with E-state index < -0.39 is 0 Å². The number of hydrogen-bond donors (Lipinski definition) is 2. The van der Waals surface area contributed by atoms with Crippen molar-refractivity contribution in [1.29, 1.82) is 0 Å². The molecule has 0 saturated carbocycles. The number of aromatic amines is 1. The van der Waals surface area contributed by atoms with Gasteiger partial charge in [0.15, 0.2) is 5.65 Å². The molecule has 7 nitrogen and oxygen atoms in total. The van der Waals surface area contributed by atoms with Crippen molar-refractivity contribution >= 4 is 35.3 Å². The molecule has 0 bridgehead atoms. The summed E-state index contributed by atoms with van der Waals surface area (Å²) in [5.74, 6) is 0.935. The third kappa shape index (κ3) is 6.38. The number of rotatable bonds is 9. The Labute approximate surface area is 193 Å². The van der Waals surface area contributed by atoms with Crippen LogP contribution in [-0.2, 0) is 6.42 Å². The Morgan fingerprint density at radius 3 is 2.87 bits per heavy atom. The Morgan fingerprint density at radius 1 is 1.19 bits per heavy atom. The highest BCUT2D eigenvalue weighted by atomic mass is 35.5. The topological polar surface area (TPSA) is 74.7 Å². The number of hydrogen-bond acceptors (Lipinski definition) is 5. The first-order chi connectivity index (χ1) is 14.7. The number of halogens is 2. The lowest BCUT2D eigenvalue weighted by Gasteiger charge is -2.26. The van der Waals surface area contributed by atoms with Crippen molar-refractivity contribution in [3.63, 3.8) is 0 Å². The average molecular weight is 466 g/mol. The average Bonchev–Trinajstić information content (AvgIpc) is 3.13. The number of aryl methyl sites for hydroxylation is 1. The molecule has 3 aromatic rings. The van der Waals surface area contributed by atoms with Crippen LogP contribution in [-0.4, -0.2) is 52.3 Å². The number of ether oxygens (including phenoxy) is 1. The smallest absolute Gasteiger partial charge is 0.347 e. The zero-order chi connectivity index (χ0) is 20.8. The Balaban J connectivity index is 0.00000272. The van der Waals surface area contributed by atoms with Crippen molar-refractivity contribution in [2.45, 2.75) is 32.1 Å². The Kier molecular flexibility index (Phi) is 8.63. The second kappa shape index (κ2) is 11.4. The van der Waals surface area contributed by atoms with E-state index in [9.17, 15) is 4.79 Å². The molecule has 2 N–H and O–H groups in total. The molecule has 4 rings (SSSR count). The number of anilines is 1. The van der Waals surface area contributed by atoms with Gasteiger partial charge in [0, 0.05) is 19.3 Å². The van der Waals surface area contributed by atoms with Crippen molar-refractivity contribution in [2.24, 2.45) is 0 Å². The molecule has 0 spiro atoms. The number of benzene rings is 1. The van der Waals surface area contributed by atoms with E-state index in [4.69, 9.17) is 16.3 Å². The number of nitrogens with one attached hydrogen (secondary N) is 2. The lowest BCUT2D eigenvalue weighted by molar-refractivity contribution is 0.183. The van der Waals surface area contributed by atoms with Crippen LogP contribution in [0.5, 0.6) is 5.75 Å². The van der Waals surface area contributed by atoms with Gasteiger partial charge in [-0.15, -0.1) is 12.4 Å². The van der Waals surface area contributed by atoms with Crippen molar-refractivity contribution in [3.8, 4) is 5.75 Å². The second-order valence-corrected chi connectivity index (χ2v) is 8.16. The molecule has 0 radical (unpaired) electrons. The summed E-state index contributed by atoms with van der Waals surface area (Å²) in [6.07, 6.45) is 7.40. The highest BCUT2D eigenvalue weighted by Crippen LogP contribution is 2.20. The van der Waals surface area contributed by atoms with Crippen LogP contribution in [0.4, 0.5) is 5.69 Å². The first kappa shape index (κ1) is 23.4. The van der Waals surface area contributed by atoms with Gasteiger partial charge in [0.1, 0.15) is 12.4 Å². The van der Waals surface area contributed by atoms with Gasteiger partial charge >= 0.3 is 5.69 Å². The van der Waals surface area contributed by atoms with Gasteiger partial charge in [-0.1, -0.05) is 30.2 Å². The summed E-state index contributed by atoms with van der Waals surface area (Å²) < 4.78 is 7.38. The molecule has 1 fully saturated rings. The number of likely N-dealkylation sites (tertiary alicyclic amines) is 1. The number of pyridine rings is 1. The zero-order valence-electron chi connectivity index (χ0n) is 17.5. The molecule has 0 amide bonds. The van der Waals surface area contributed by atoms with Crippen LogP contribution >= 0.6 is 24.0 Å². The Hall–Kier alpha value is -2.22.